The predicted molar refractivity (Wildman–Crippen MR) is 102 cm³/mol. The summed E-state index contributed by atoms with van der Waals surface area (Å²) in [6, 6.07) is 5.53. The lowest BCUT2D eigenvalue weighted by atomic mass is 9.96. The number of likely N-dealkylation sites (tertiary alicyclic amines) is 1. The van der Waals surface area contributed by atoms with Gasteiger partial charge in [-0.1, -0.05) is 24.9 Å². The molecule has 25 heavy (non-hydrogen) atoms. The molecule has 2 aromatic rings. The molecule has 0 unspecified atom stereocenters. The molecule has 2 heterocycles. The van der Waals surface area contributed by atoms with Gasteiger partial charge in [-0.3, -0.25) is 9.48 Å². The van der Waals surface area contributed by atoms with Gasteiger partial charge >= 0.3 is 0 Å². The van der Waals surface area contributed by atoms with Crippen LogP contribution in [0.4, 0.5) is 0 Å². The van der Waals surface area contributed by atoms with Gasteiger partial charge in [0, 0.05) is 24.0 Å². The lowest BCUT2D eigenvalue weighted by molar-refractivity contribution is 0.0932. The van der Waals surface area contributed by atoms with Gasteiger partial charge in [-0.2, -0.15) is 5.10 Å². The van der Waals surface area contributed by atoms with Crippen molar-refractivity contribution in [3.63, 3.8) is 0 Å². The van der Waals surface area contributed by atoms with E-state index in [9.17, 15) is 4.79 Å². The first-order valence-corrected chi connectivity index (χ1v) is 9.59. The normalized spacial score (nSPS) is 16.4. The summed E-state index contributed by atoms with van der Waals surface area (Å²) in [6.45, 7) is 6.44. The highest BCUT2D eigenvalue weighted by atomic mass is 35.5. The van der Waals surface area contributed by atoms with E-state index in [1.54, 1.807) is 4.68 Å². The Balaban J connectivity index is 1.56. The number of benzene rings is 1. The highest BCUT2D eigenvalue weighted by Crippen LogP contribution is 2.22. The average Bonchev–Trinajstić information content (AvgIpc) is 2.95. The Morgan fingerprint density at radius 2 is 2.12 bits per heavy atom. The number of nitrogens with zero attached hydrogens (tertiary/aromatic N) is 3. The second kappa shape index (κ2) is 8.19. The molecule has 136 valence electrons. The van der Waals surface area contributed by atoms with E-state index < -0.39 is 0 Å². The number of fused-ring (bicyclic) bond motifs is 1. The monoisotopic (exact) mass is 362 g/mol. The van der Waals surface area contributed by atoms with Gasteiger partial charge in [-0.05, 0) is 63.0 Å². The molecule has 0 saturated carbocycles. The van der Waals surface area contributed by atoms with Crippen molar-refractivity contribution < 1.29 is 4.79 Å². The lowest BCUT2D eigenvalue weighted by Gasteiger charge is -2.31. The van der Waals surface area contributed by atoms with Gasteiger partial charge in [0.05, 0.1) is 5.52 Å². The summed E-state index contributed by atoms with van der Waals surface area (Å²) in [5, 5.41) is 8.88. The number of nitrogens with one attached hydrogen (secondary N) is 1. The summed E-state index contributed by atoms with van der Waals surface area (Å²) in [6.07, 6.45) is 4.83. The van der Waals surface area contributed by atoms with E-state index in [1.807, 2.05) is 25.2 Å². The zero-order valence-electron chi connectivity index (χ0n) is 15.1. The summed E-state index contributed by atoms with van der Waals surface area (Å²) in [4.78, 5) is 15.1. The zero-order chi connectivity index (χ0) is 17.8. The van der Waals surface area contributed by atoms with Gasteiger partial charge < -0.3 is 10.2 Å². The molecule has 1 aliphatic rings. The number of rotatable bonds is 6. The molecular weight excluding hydrogens is 336 g/mol. The van der Waals surface area contributed by atoms with Crippen molar-refractivity contribution in [2.75, 3.05) is 26.2 Å². The summed E-state index contributed by atoms with van der Waals surface area (Å²) in [5.74, 6) is 0.446. The lowest BCUT2D eigenvalue weighted by Crippen LogP contribution is -2.39. The third-order valence-corrected chi connectivity index (χ3v) is 5.35. The maximum absolute atomic E-state index is 12.6. The summed E-state index contributed by atoms with van der Waals surface area (Å²) >= 11 is 6.08. The van der Waals surface area contributed by atoms with E-state index >= 15 is 0 Å². The van der Waals surface area contributed by atoms with Gasteiger partial charge in [-0.15, -0.1) is 0 Å². The van der Waals surface area contributed by atoms with E-state index in [1.165, 1.54) is 19.4 Å². The first kappa shape index (κ1) is 18.2. The number of halogens is 1. The summed E-state index contributed by atoms with van der Waals surface area (Å²) in [5.41, 5.74) is 1.37. The van der Waals surface area contributed by atoms with Gasteiger partial charge in [-0.25, -0.2) is 0 Å². The molecule has 1 fully saturated rings. The topological polar surface area (TPSA) is 50.2 Å². The minimum Gasteiger partial charge on any atom is -0.350 e. The largest absolute Gasteiger partial charge is 0.350 e. The number of piperidine rings is 1. The molecule has 1 saturated heterocycles. The van der Waals surface area contributed by atoms with Crippen LogP contribution >= 0.6 is 11.6 Å². The number of carbonyl (C=O) groups excluding carboxylic acids is 1. The molecule has 1 aromatic carbocycles. The fraction of sp³-hybridized carbons (Fsp3) is 0.579. The number of hydrogen-bond donors (Lipinski definition) is 1. The SMILES string of the molecule is CCCCN1CCC(CNC(=O)c2nn(C)c3ccc(Cl)cc23)CC1. The second-order valence-corrected chi connectivity index (χ2v) is 7.42. The maximum Gasteiger partial charge on any atom is 0.272 e. The van der Waals surface area contributed by atoms with Crippen molar-refractivity contribution in [2.45, 2.75) is 32.6 Å². The van der Waals surface area contributed by atoms with Crippen LogP contribution in [0.15, 0.2) is 18.2 Å². The quantitative estimate of drug-likeness (QED) is 0.856. The molecule has 0 bridgehead atoms. The fourth-order valence-electron chi connectivity index (χ4n) is 3.52. The van der Waals surface area contributed by atoms with Gasteiger partial charge in [0.2, 0.25) is 0 Å². The molecule has 3 rings (SSSR count). The molecule has 1 amide bonds. The van der Waals surface area contributed by atoms with Crippen molar-refractivity contribution in [3.8, 4) is 0 Å². The van der Waals surface area contributed by atoms with Crippen LogP contribution in [0.2, 0.25) is 5.02 Å². The van der Waals surface area contributed by atoms with E-state index in [0.29, 0.717) is 16.6 Å². The molecule has 1 aromatic heterocycles. The van der Waals surface area contributed by atoms with E-state index in [0.717, 1.165) is 43.4 Å². The van der Waals surface area contributed by atoms with Crippen LogP contribution in [0.5, 0.6) is 0 Å². The number of carbonyl (C=O) groups is 1. The van der Waals surface area contributed by atoms with E-state index in [4.69, 9.17) is 11.6 Å². The van der Waals surface area contributed by atoms with Gasteiger partial charge in [0.25, 0.3) is 5.91 Å². The Bertz CT molecular complexity index is 734. The average molecular weight is 363 g/mol. The minimum atomic E-state index is -0.110. The van der Waals surface area contributed by atoms with Crippen LogP contribution in [-0.4, -0.2) is 46.8 Å². The van der Waals surface area contributed by atoms with E-state index in [2.05, 4.69) is 22.2 Å². The molecule has 0 radical (unpaired) electrons. The van der Waals surface area contributed by atoms with E-state index in [-0.39, 0.29) is 5.91 Å². The molecule has 0 spiro atoms. The van der Waals surface area contributed by atoms with Crippen molar-refractivity contribution >= 4 is 28.4 Å². The Kier molecular flexibility index (Phi) is 5.97. The highest BCUT2D eigenvalue weighted by Gasteiger charge is 2.21. The molecule has 1 N–H and O–H groups in total. The third-order valence-electron chi connectivity index (χ3n) is 5.11. The standard InChI is InChI=1S/C19H27ClN4O/c1-3-4-9-24-10-7-14(8-11-24)13-21-19(25)18-16-12-15(20)5-6-17(16)23(2)22-18/h5-6,12,14H,3-4,7-11,13H2,1-2H3,(H,21,25). The van der Waals surface area contributed by atoms with Crippen LogP contribution in [0.1, 0.15) is 43.1 Å². The summed E-state index contributed by atoms with van der Waals surface area (Å²) in [7, 11) is 1.85. The van der Waals surface area contributed by atoms with Crippen LogP contribution in [0, 0.1) is 5.92 Å². The number of hydrogen-bond acceptors (Lipinski definition) is 3. The van der Waals surface area contributed by atoms with Gasteiger partial charge in [0.1, 0.15) is 0 Å². The Labute approximate surface area is 154 Å². The maximum atomic E-state index is 12.6. The third kappa shape index (κ3) is 4.33. The Hall–Kier alpha value is -1.59. The first-order chi connectivity index (χ1) is 12.1. The first-order valence-electron chi connectivity index (χ1n) is 9.21. The van der Waals surface area contributed by atoms with Crippen LogP contribution in [-0.2, 0) is 7.05 Å². The molecule has 1 aliphatic heterocycles. The van der Waals surface area contributed by atoms with Crippen LogP contribution < -0.4 is 5.32 Å². The molecule has 0 aliphatic carbocycles. The molecule has 5 nitrogen and oxygen atoms in total. The smallest absolute Gasteiger partial charge is 0.272 e. The van der Waals surface area contributed by atoms with Crippen molar-refractivity contribution in [2.24, 2.45) is 13.0 Å². The second-order valence-electron chi connectivity index (χ2n) is 6.98. The number of amides is 1. The Morgan fingerprint density at radius 3 is 2.84 bits per heavy atom. The molecule has 6 heteroatoms. The van der Waals surface area contributed by atoms with Gasteiger partial charge in [0.15, 0.2) is 5.69 Å². The highest BCUT2D eigenvalue weighted by molar-refractivity contribution is 6.31. The number of aromatic nitrogens is 2. The summed E-state index contributed by atoms with van der Waals surface area (Å²) < 4.78 is 1.73. The van der Waals surface area contributed by atoms with Crippen molar-refractivity contribution in [3.05, 3.63) is 28.9 Å². The Morgan fingerprint density at radius 1 is 1.36 bits per heavy atom. The van der Waals surface area contributed by atoms with Crippen molar-refractivity contribution in [1.29, 1.82) is 0 Å². The van der Waals surface area contributed by atoms with Crippen molar-refractivity contribution in [1.82, 2.24) is 20.0 Å². The van der Waals surface area contributed by atoms with Crippen LogP contribution in [0.3, 0.4) is 0 Å². The minimum absolute atomic E-state index is 0.110. The fourth-order valence-corrected chi connectivity index (χ4v) is 3.69. The number of unbranched alkanes of at least 4 members (excludes halogenated alkanes) is 1. The zero-order valence-corrected chi connectivity index (χ0v) is 15.9. The van der Waals surface area contributed by atoms with Crippen LogP contribution in [0.25, 0.3) is 10.9 Å². The predicted octanol–water partition coefficient (Wildman–Crippen LogP) is 3.47. The molecular formula is C19H27ClN4O. The molecule has 0 atom stereocenters. The number of aryl methyl sites for hydroxylation is 1.